The first-order valence-corrected chi connectivity index (χ1v) is 19.0. The third-order valence-corrected chi connectivity index (χ3v) is 10.3. The molecule has 12 rings (SSSR count). The molecule has 0 atom stereocenters. The minimum Gasteiger partial charge on any atom is -0.309 e. The molecule has 0 unspecified atom stereocenters. The molecule has 5 nitrogen and oxygen atoms in total. The maximum atomic E-state index is 10.1. The average Bonchev–Trinajstić information content (AvgIpc) is 1.54. The first kappa shape index (κ1) is 18.9. The van der Waals surface area contributed by atoms with Crippen LogP contribution in [-0.4, -0.2) is 24.1 Å². The molecular weight excluding hydrogens is 755 g/mol. The summed E-state index contributed by atoms with van der Waals surface area (Å²) in [6, 6.07) is 3.72. The van der Waals surface area contributed by atoms with Gasteiger partial charge in [0.15, 0.2) is 17.5 Å². The van der Waals surface area contributed by atoms with Crippen LogP contribution in [0.1, 0.15) is 32.9 Å². The first-order chi connectivity index (χ1) is 40.7. The fourth-order valence-corrected chi connectivity index (χ4v) is 7.57. The lowest BCUT2D eigenvalue weighted by Gasteiger charge is -2.12. The molecule has 5 heteroatoms. The monoisotopic (exact) mass is 815 g/mol. The van der Waals surface area contributed by atoms with Crippen LogP contribution in [-0.2, 0) is 0 Å². The van der Waals surface area contributed by atoms with Crippen LogP contribution < -0.4 is 0 Å². The lowest BCUT2D eigenvalue weighted by atomic mass is 9.99. The van der Waals surface area contributed by atoms with Crippen LogP contribution in [0.4, 0.5) is 0 Å². The summed E-state index contributed by atoms with van der Waals surface area (Å²) >= 11 is 0. The highest BCUT2D eigenvalue weighted by molar-refractivity contribution is 6.15. The van der Waals surface area contributed by atoms with E-state index < -0.39 is 223 Å². The van der Waals surface area contributed by atoms with Gasteiger partial charge in [0.2, 0.25) is 0 Å². The van der Waals surface area contributed by atoms with Gasteiger partial charge in [-0.1, -0.05) is 169 Å². The Morgan fingerprint density at radius 2 is 0.855 bits per heavy atom. The predicted octanol–water partition coefficient (Wildman–Crippen LogP) is 14.4. The highest BCUT2D eigenvalue weighted by Crippen LogP contribution is 2.40. The standard InChI is InChI=1S/C57H37N5/c1-4-16-38(17-5-1)39-30-32-40(33-31-39)41-18-14-19-42(36-41)55-58-56(43-34-35-47-46-24-10-12-27-50(46)62(53(47)37-43)45-22-8-3-9-23-45)60-57(59-55)49-26-15-29-52-54(49)48-25-11-13-28-51(48)61(52)44-20-6-2-7-21-44/h1-37H/i2D,3D,6D,7D,8D,9D,10D,11D,12D,13D,15D,20D,21D,22D,23D,24D,25D,26D,27D,28D,29D,34D,35D,37D. The van der Waals surface area contributed by atoms with Crippen LogP contribution in [0, 0.1) is 0 Å². The summed E-state index contributed by atoms with van der Waals surface area (Å²) in [5, 5.41) is -1.83. The van der Waals surface area contributed by atoms with Crippen LogP contribution in [0.5, 0.6) is 0 Å². The third kappa shape index (κ3) is 5.98. The summed E-state index contributed by atoms with van der Waals surface area (Å²) in [6.45, 7) is 0. The van der Waals surface area contributed by atoms with E-state index in [1.165, 1.54) is 0 Å². The number of fused-ring (bicyclic) bond motifs is 6. The molecule has 0 saturated heterocycles. The Kier molecular flexibility index (Phi) is 4.48. The van der Waals surface area contributed by atoms with Crippen molar-refractivity contribution in [2.45, 2.75) is 0 Å². The quantitative estimate of drug-likeness (QED) is 0.161. The number of nitrogens with zero attached hydrogens (tertiary/aromatic N) is 5. The summed E-state index contributed by atoms with van der Waals surface area (Å²) in [4.78, 5) is 14.4. The predicted molar refractivity (Wildman–Crippen MR) is 256 cm³/mol. The fraction of sp³-hybridized carbons (Fsp3) is 0. The molecule has 0 aliphatic rings. The molecule has 3 aromatic heterocycles. The molecule has 0 saturated carbocycles. The smallest absolute Gasteiger partial charge is 0.164 e. The number of rotatable bonds is 7. The minimum absolute atomic E-state index is 0.191. The van der Waals surface area contributed by atoms with E-state index in [-0.39, 0.29) is 11.4 Å². The zero-order chi connectivity index (χ0) is 61.9. The van der Waals surface area contributed by atoms with Crippen molar-refractivity contribution in [3.05, 3.63) is 224 Å². The molecule has 0 bridgehead atoms. The highest BCUT2D eigenvalue weighted by atomic mass is 15.0. The fourth-order valence-electron chi connectivity index (χ4n) is 7.57. The van der Waals surface area contributed by atoms with Crippen molar-refractivity contribution in [3.8, 4) is 67.8 Å². The molecule has 0 N–H and O–H groups in total. The van der Waals surface area contributed by atoms with Crippen molar-refractivity contribution < 1.29 is 32.9 Å². The molecule has 0 amide bonds. The van der Waals surface area contributed by atoms with Crippen LogP contribution >= 0.6 is 0 Å². The molecule has 0 fully saturated rings. The highest BCUT2D eigenvalue weighted by Gasteiger charge is 2.21. The molecule has 0 spiro atoms. The molecule has 0 aliphatic heterocycles. The molecular formula is C57H37N5. The Hall–Kier alpha value is -8.41. The van der Waals surface area contributed by atoms with Crippen molar-refractivity contribution in [3.63, 3.8) is 0 Å². The van der Waals surface area contributed by atoms with Gasteiger partial charge in [-0.25, -0.2) is 15.0 Å². The van der Waals surface area contributed by atoms with E-state index in [2.05, 4.69) is 0 Å². The van der Waals surface area contributed by atoms with Crippen LogP contribution in [0.15, 0.2) is 224 Å². The summed E-state index contributed by atoms with van der Waals surface area (Å²) in [7, 11) is 0. The largest absolute Gasteiger partial charge is 0.309 e. The van der Waals surface area contributed by atoms with Gasteiger partial charge in [0.05, 0.1) is 55.0 Å². The van der Waals surface area contributed by atoms with E-state index in [9.17, 15) is 11.0 Å². The van der Waals surface area contributed by atoms with Gasteiger partial charge >= 0.3 is 0 Å². The van der Waals surface area contributed by atoms with E-state index in [4.69, 9.17) is 36.9 Å². The Bertz CT molecular complexity index is 4990. The molecule has 290 valence electrons. The Balaban J connectivity index is 1.25. The van der Waals surface area contributed by atoms with Crippen molar-refractivity contribution >= 4 is 43.6 Å². The SMILES string of the molecule is [2H]c1c([2H])c([2H])c(-n2c3c([2H])c([2H])c([2H])c([2H])c3c3c([2H])c([2H])c(-c4nc(-c5cccc(-c6ccc(-c7ccccc7)cc6)c5)nc(-c5c([2H])c([2H])c([2H])c6c5c5c([2H])c([2H])c([2H])c([2H])c5n6-c5c([2H])c([2H])c([2H])c([2H])c5[2H])n4)c([2H])c32)c([2H])c1[2H]. The van der Waals surface area contributed by atoms with Crippen LogP contribution in [0.25, 0.3) is 111 Å². The van der Waals surface area contributed by atoms with Gasteiger partial charge < -0.3 is 9.13 Å². The lowest BCUT2D eigenvalue weighted by molar-refractivity contribution is 1.08. The van der Waals surface area contributed by atoms with Crippen molar-refractivity contribution in [1.29, 1.82) is 0 Å². The van der Waals surface area contributed by atoms with Gasteiger partial charge in [0, 0.05) is 49.6 Å². The number of hydrogen-bond donors (Lipinski definition) is 0. The molecule has 3 heterocycles. The molecule has 9 aromatic carbocycles. The second-order valence-electron chi connectivity index (χ2n) is 13.8. The summed E-state index contributed by atoms with van der Waals surface area (Å²) in [6.07, 6.45) is 0. The molecule has 62 heavy (non-hydrogen) atoms. The van der Waals surface area contributed by atoms with Gasteiger partial charge in [0.25, 0.3) is 0 Å². The normalized spacial score (nSPS) is 17.0. The zero-order valence-electron chi connectivity index (χ0n) is 55.7. The molecule has 12 aromatic rings. The molecule has 0 aliphatic carbocycles. The second kappa shape index (κ2) is 14.7. The minimum atomic E-state index is -0.899. The second-order valence-corrected chi connectivity index (χ2v) is 13.8. The van der Waals surface area contributed by atoms with Gasteiger partial charge in [-0.2, -0.15) is 0 Å². The van der Waals surface area contributed by atoms with Crippen LogP contribution in [0.3, 0.4) is 0 Å². The summed E-state index contributed by atoms with van der Waals surface area (Å²) < 4.78 is 219. The van der Waals surface area contributed by atoms with Gasteiger partial charge in [-0.3, -0.25) is 0 Å². The van der Waals surface area contributed by atoms with Crippen molar-refractivity contribution in [1.82, 2.24) is 24.1 Å². The van der Waals surface area contributed by atoms with E-state index in [0.717, 1.165) is 20.3 Å². The number of para-hydroxylation sites is 4. The zero-order valence-corrected chi connectivity index (χ0v) is 31.7. The maximum Gasteiger partial charge on any atom is 0.164 e. The van der Waals surface area contributed by atoms with Gasteiger partial charge in [-0.15, -0.1) is 0 Å². The van der Waals surface area contributed by atoms with Crippen molar-refractivity contribution in [2.24, 2.45) is 0 Å². The molecule has 0 radical (unpaired) electrons. The van der Waals surface area contributed by atoms with Gasteiger partial charge in [0.1, 0.15) is 0 Å². The number of aromatic nitrogens is 5. The van der Waals surface area contributed by atoms with Gasteiger partial charge in [-0.05, 0) is 76.7 Å². The maximum absolute atomic E-state index is 10.1. The number of benzene rings is 9. The number of hydrogen-bond acceptors (Lipinski definition) is 3. The lowest BCUT2D eigenvalue weighted by Crippen LogP contribution is -2.01. The Morgan fingerprint density at radius 3 is 1.58 bits per heavy atom. The van der Waals surface area contributed by atoms with E-state index in [1.807, 2.05) is 54.6 Å². The van der Waals surface area contributed by atoms with E-state index in [1.54, 1.807) is 24.3 Å². The van der Waals surface area contributed by atoms with Crippen LogP contribution in [0.2, 0.25) is 0 Å². The Morgan fingerprint density at radius 1 is 0.339 bits per heavy atom. The summed E-state index contributed by atoms with van der Waals surface area (Å²) in [5.74, 6) is -1.58. The van der Waals surface area contributed by atoms with E-state index >= 15 is 0 Å². The topological polar surface area (TPSA) is 48.5 Å². The van der Waals surface area contributed by atoms with E-state index in [0.29, 0.717) is 11.1 Å². The third-order valence-electron chi connectivity index (χ3n) is 10.3. The summed E-state index contributed by atoms with van der Waals surface area (Å²) in [5.41, 5.74) is -1.39. The average molecular weight is 816 g/mol. The first-order valence-electron chi connectivity index (χ1n) is 31.0. The Labute approximate surface area is 392 Å². The van der Waals surface area contributed by atoms with Crippen molar-refractivity contribution in [2.75, 3.05) is 0 Å².